The smallest absolute Gasteiger partial charge is 0.290 e. The third-order valence-corrected chi connectivity index (χ3v) is 4.93. The summed E-state index contributed by atoms with van der Waals surface area (Å²) in [6, 6.07) is 1.92. The van der Waals surface area contributed by atoms with Gasteiger partial charge in [-0.2, -0.15) is 5.10 Å². The molecular weight excluding hydrogens is 338 g/mol. The molecule has 4 heterocycles. The van der Waals surface area contributed by atoms with E-state index in [-0.39, 0.29) is 12.9 Å². The normalized spacial score (nSPS) is 18.5. The van der Waals surface area contributed by atoms with Crippen LogP contribution in [0.4, 0.5) is 0 Å². The molecule has 0 aliphatic carbocycles. The van der Waals surface area contributed by atoms with Gasteiger partial charge in [0.25, 0.3) is 12.9 Å². The maximum absolute atomic E-state index is 8.36. The standard InChI is InChI=1S/C15H21N5.2CH2O2/c1-5-17-14-13(10-18-20(14)8-1)11-19-9-4-15(12-19)2-6-16-7-3-15;2*2-1-3/h1,5,8,10,16H,2-4,6-7,9,11-12H2;2*1H,(H,2,3). The van der Waals surface area contributed by atoms with Crippen LogP contribution in [0.25, 0.3) is 5.65 Å². The lowest BCUT2D eigenvalue weighted by Crippen LogP contribution is -2.38. The molecule has 3 N–H and O–H groups in total. The van der Waals surface area contributed by atoms with Crippen LogP contribution >= 0.6 is 0 Å². The van der Waals surface area contributed by atoms with E-state index in [4.69, 9.17) is 19.8 Å². The molecule has 0 radical (unpaired) electrons. The SMILES string of the molecule is O=CO.O=CO.c1cnc2c(CN3CCC4(CCNCC4)C3)cnn2c1. The van der Waals surface area contributed by atoms with Gasteiger partial charge >= 0.3 is 0 Å². The molecule has 0 bridgehead atoms. The van der Waals surface area contributed by atoms with E-state index in [1.54, 1.807) is 0 Å². The van der Waals surface area contributed by atoms with Crippen molar-refractivity contribution in [2.45, 2.75) is 25.8 Å². The molecule has 0 atom stereocenters. The summed E-state index contributed by atoms with van der Waals surface area (Å²) in [5.41, 5.74) is 2.82. The van der Waals surface area contributed by atoms with Crippen molar-refractivity contribution in [2.24, 2.45) is 5.41 Å². The highest BCUT2D eigenvalue weighted by molar-refractivity contribution is 5.45. The van der Waals surface area contributed by atoms with Crippen LogP contribution in [0.3, 0.4) is 0 Å². The Bertz CT molecular complexity index is 693. The third-order valence-electron chi connectivity index (χ3n) is 4.93. The average molecular weight is 363 g/mol. The molecule has 0 amide bonds. The van der Waals surface area contributed by atoms with E-state index in [1.165, 1.54) is 51.0 Å². The van der Waals surface area contributed by atoms with Crippen molar-refractivity contribution in [3.05, 3.63) is 30.2 Å². The van der Waals surface area contributed by atoms with E-state index in [0.29, 0.717) is 5.41 Å². The van der Waals surface area contributed by atoms with E-state index < -0.39 is 0 Å². The van der Waals surface area contributed by atoms with Gasteiger partial charge in [0.15, 0.2) is 5.65 Å². The fourth-order valence-corrected chi connectivity index (χ4v) is 3.76. The van der Waals surface area contributed by atoms with E-state index in [0.717, 1.165) is 12.2 Å². The number of hydrogen-bond donors (Lipinski definition) is 3. The Morgan fingerprint density at radius 3 is 2.58 bits per heavy atom. The molecule has 2 aliphatic heterocycles. The van der Waals surface area contributed by atoms with Gasteiger partial charge in [0, 0.05) is 31.0 Å². The lowest BCUT2D eigenvalue weighted by molar-refractivity contribution is -0.123. The summed E-state index contributed by atoms with van der Waals surface area (Å²) in [5, 5.41) is 21.6. The zero-order valence-electron chi connectivity index (χ0n) is 14.6. The highest BCUT2D eigenvalue weighted by Gasteiger charge is 2.38. The predicted octanol–water partition coefficient (Wildman–Crippen LogP) is 0.706. The second-order valence-corrected chi connectivity index (χ2v) is 6.48. The second-order valence-electron chi connectivity index (χ2n) is 6.48. The molecule has 9 heteroatoms. The molecule has 2 aromatic heterocycles. The van der Waals surface area contributed by atoms with Crippen LogP contribution in [0.15, 0.2) is 24.7 Å². The summed E-state index contributed by atoms with van der Waals surface area (Å²) < 4.78 is 1.87. The first-order valence-corrected chi connectivity index (χ1v) is 8.54. The Kier molecular flexibility index (Phi) is 7.49. The lowest BCUT2D eigenvalue weighted by atomic mass is 9.78. The zero-order chi connectivity index (χ0) is 18.8. The molecule has 142 valence electrons. The summed E-state index contributed by atoms with van der Waals surface area (Å²) in [6.07, 6.45) is 9.78. The van der Waals surface area contributed by atoms with Crippen LogP contribution in [-0.2, 0) is 16.1 Å². The molecule has 0 saturated carbocycles. The van der Waals surface area contributed by atoms with Gasteiger partial charge in [0.2, 0.25) is 0 Å². The fraction of sp³-hybridized carbons (Fsp3) is 0.529. The maximum Gasteiger partial charge on any atom is 0.290 e. The number of rotatable bonds is 2. The molecule has 1 spiro atoms. The minimum atomic E-state index is -0.250. The quantitative estimate of drug-likeness (QED) is 0.667. The first kappa shape index (κ1) is 19.8. The lowest BCUT2D eigenvalue weighted by Gasteiger charge is -2.33. The van der Waals surface area contributed by atoms with Crippen LogP contribution in [0.5, 0.6) is 0 Å². The van der Waals surface area contributed by atoms with Gasteiger partial charge in [-0.05, 0) is 50.4 Å². The van der Waals surface area contributed by atoms with Gasteiger partial charge in [-0.3, -0.25) is 14.5 Å². The molecule has 2 aromatic rings. The Morgan fingerprint density at radius 1 is 1.19 bits per heavy atom. The van der Waals surface area contributed by atoms with Crippen molar-refractivity contribution >= 4 is 18.6 Å². The van der Waals surface area contributed by atoms with Gasteiger partial charge in [0.1, 0.15) is 0 Å². The van der Waals surface area contributed by atoms with E-state index >= 15 is 0 Å². The van der Waals surface area contributed by atoms with Crippen molar-refractivity contribution in [3.8, 4) is 0 Å². The number of carbonyl (C=O) groups is 2. The van der Waals surface area contributed by atoms with Crippen LogP contribution in [0.1, 0.15) is 24.8 Å². The number of carboxylic acid groups (broad SMARTS) is 2. The topological polar surface area (TPSA) is 120 Å². The first-order chi connectivity index (χ1) is 12.7. The molecule has 2 saturated heterocycles. The van der Waals surface area contributed by atoms with E-state index in [2.05, 4.69) is 20.3 Å². The minimum Gasteiger partial charge on any atom is -0.483 e. The molecule has 9 nitrogen and oxygen atoms in total. The molecule has 4 rings (SSSR count). The van der Waals surface area contributed by atoms with Gasteiger partial charge in [-0.1, -0.05) is 0 Å². The number of fused-ring (bicyclic) bond motifs is 1. The first-order valence-electron chi connectivity index (χ1n) is 8.54. The monoisotopic (exact) mass is 363 g/mol. The number of nitrogens with one attached hydrogen (secondary N) is 1. The Balaban J connectivity index is 0.000000361. The van der Waals surface area contributed by atoms with Gasteiger partial charge in [-0.25, -0.2) is 9.50 Å². The number of nitrogens with zero attached hydrogens (tertiary/aromatic N) is 4. The molecular formula is C17H25N5O4. The second kappa shape index (κ2) is 9.83. The summed E-state index contributed by atoms with van der Waals surface area (Å²) in [6.45, 7) is 5.30. The maximum atomic E-state index is 8.36. The van der Waals surface area contributed by atoms with Gasteiger partial charge in [0.05, 0.1) is 6.20 Å². The van der Waals surface area contributed by atoms with E-state index in [1.807, 2.05) is 29.2 Å². The van der Waals surface area contributed by atoms with Crippen LogP contribution in [-0.4, -0.2) is 68.8 Å². The fourth-order valence-electron chi connectivity index (χ4n) is 3.76. The zero-order valence-corrected chi connectivity index (χ0v) is 14.6. The van der Waals surface area contributed by atoms with Gasteiger partial charge in [-0.15, -0.1) is 0 Å². The van der Waals surface area contributed by atoms with Crippen LogP contribution < -0.4 is 5.32 Å². The molecule has 26 heavy (non-hydrogen) atoms. The van der Waals surface area contributed by atoms with Crippen molar-refractivity contribution in [1.82, 2.24) is 24.8 Å². The van der Waals surface area contributed by atoms with Crippen molar-refractivity contribution < 1.29 is 19.8 Å². The molecule has 2 fully saturated rings. The Hall–Kier alpha value is -2.52. The van der Waals surface area contributed by atoms with Crippen molar-refractivity contribution in [1.29, 1.82) is 0 Å². The van der Waals surface area contributed by atoms with Crippen molar-refractivity contribution in [2.75, 3.05) is 26.2 Å². The number of piperidine rings is 1. The number of aromatic nitrogens is 3. The highest BCUT2D eigenvalue weighted by atomic mass is 16.3. The van der Waals surface area contributed by atoms with Crippen LogP contribution in [0.2, 0.25) is 0 Å². The Labute approximate surface area is 151 Å². The van der Waals surface area contributed by atoms with Crippen molar-refractivity contribution in [3.63, 3.8) is 0 Å². The summed E-state index contributed by atoms with van der Waals surface area (Å²) in [7, 11) is 0. The van der Waals surface area contributed by atoms with Crippen LogP contribution in [0, 0.1) is 5.41 Å². The summed E-state index contributed by atoms with van der Waals surface area (Å²) >= 11 is 0. The predicted molar refractivity (Wildman–Crippen MR) is 94.8 cm³/mol. The van der Waals surface area contributed by atoms with E-state index in [9.17, 15) is 0 Å². The summed E-state index contributed by atoms with van der Waals surface area (Å²) in [4.78, 5) is 23.8. The largest absolute Gasteiger partial charge is 0.483 e. The number of likely N-dealkylation sites (tertiary alicyclic amines) is 1. The summed E-state index contributed by atoms with van der Waals surface area (Å²) in [5.74, 6) is 0. The number of hydrogen-bond acceptors (Lipinski definition) is 6. The van der Waals surface area contributed by atoms with Gasteiger partial charge < -0.3 is 15.5 Å². The Morgan fingerprint density at radius 2 is 1.88 bits per heavy atom. The third kappa shape index (κ3) is 4.99. The average Bonchev–Trinajstić information content (AvgIpc) is 3.22. The molecule has 0 aromatic carbocycles. The minimum absolute atomic E-state index is 0.250. The molecule has 2 aliphatic rings. The molecule has 0 unspecified atom stereocenters. The highest BCUT2D eigenvalue weighted by Crippen LogP contribution is 2.39.